The van der Waals surface area contributed by atoms with Crippen molar-refractivity contribution in [2.45, 2.75) is 31.2 Å². The van der Waals surface area contributed by atoms with Crippen LogP contribution in [-0.4, -0.2) is 24.0 Å². The van der Waals surface area contributed by atoms with Gasteiger partial charge < -0.3 is 10.6 Å². The van der Waals surface area contributed by atoms with E-state index in [0.29, 0.717) is 17.2 Å². The van der Waals surface area contributed by atoms with Gasteiger partial charge in [-0.05, 0) is 49.1 Å². The summed E-state index contributed by atoms with van der Waals surface area (Å²) in [5, 5.41) is 0. The Balaban J connectivity index is 0.00000225. The molecule has 1 aromatic heterocycles. The molecule has 1 heterocycles. The first-order valence-electron chi connectivity index (χ1n) is 7.88. The van der Waals surface area contributed by atoms with Gasteiger partial charge in [-0.1, -0.05) is 0 Å². The van der Waals surface area contributed by atoms with Gasteiger partial charge in [0.2, 0.25) is 5.91 Å². The summed E-state index contributed by atoms with van der Waals surface area (Å²) in [4.78, 5) is 18.2. The van der Waals surface area contributed by atoms with Gasteiger partial charge in [0.15, 0.2) is 0 Å². The van der Waals surface area contributed by atoms with E-state index in [4.69, 9.17) is 5.73 Å². The number of hydrogen-bond donors (Lipinski definition) is 1. The lowest BCUT2D eigenvalue weighted by Crippen LogP contribution is -2.43. The van der Waals surface area contributed by atoms with E-state index >= 15 is 0 Å². The van der Waals surface area contributed by atoms with E-state index in [1.165, 1.54) is 17.0 Å². The number of nitrogens with two attached hydrogens (primary N) is 1. The highest BCUT2D eigenvalue weighted by Crippen LogP contribution is 2.39. The number of carbonyl (C=O) groups excluding carboxylic acids is 1. The second-order valence-electron chi connectivity index (χ2n) is 6.20. The molecule has 2 aromatic rings. The first kappa shape index (κ1) is 19.3. The van der Waals surface area contributed by atoms with Crippen LogP contribution in [0.25, 0.3) is 0 Å². The number of benzene rings is 1. The quantitative estimate of drug-likeness (QED) is 0.886. The minimum Gasteiger partial charge on any atom is -0.320 e. The second-order valence-corrected chi connectivity index (χ2v) is 6.20. The Bertz CT molecular complexity index is 730. The van der Waals surface area contributed by atoms with Crippen molar-refractivity contribution in [3.8, 4) is 0 Å². The number of amides is 1. The molecule has 0 bridgehead atoms. The Morgan fingerprint density at radius 1 is 1.28 bits per heavy atom. The molecule has 1 aliphatic rings. The molecule has 1 aliphatic carbocycles. The molecule has 0 saturated heterocycles. The molecule has 7 heteroatoms. The van der Waals surface area contributed by atoms with Crippen LogP contribution in [0.15, 0.2) is 36.5 Å². The molecule has 134 valence electrons. The third-order valence-electron chi connectivity index (χ3n) is 4.18. The number of likely N-dealkylation sites (N-methyl/N-ethyl adjacent to an activating group) is 1. The monoisotopic (exact) mass is 365 g/mol. The summed E-state index contributed by atoms with van der Waals surface area (Å²) >= 11 is 0. The number of hydrogen-bond acceptors (Lipinski definition) is 3. The van der Waals surface area contributed by atoms with Crippen LogP contribution in [0.4, 0.5) is 14.5 Å². The highest BCUT2D eigenvalue weighted by atomic mass is 32.1. The molecular weight excluding hydrogens is 344 g/mol. The summed E-state index contributed by atoms with van der Waals surface area (Å²) in [5.74, 6) is -1.15. The molecule has 2 N–H and O–H groups in total. The Labute approximate surface area is 152 Å². The van der Waals surface area contributed by atoms with E-state index in [1.54, 1.807) is 13.2 Å². The zero-order chi connectivity index (χ0) is 17.3. The van der Waals surface area contributed by atoms with Crippen molar-refractivity contribution >= 4 is 25.1 Å². The lowest BCUT2D eigenvalue weighted by Gasteiger charge is -2.21. The van der Waals surface area contributed by atoms with Crippen molar-refractivity contribution in [3.05, 3.63) is 59.4 Å². The van der Waals surface area contributed by atoms with Crippen molar-refractivity contribution < 1.29 is 13.6 Å². The average Bonchev–Trinajstić information content (AvgIpc) is 3.37. The van der Waals surface area contributed by atoms with Gasteiger partial charge in [0.1, 0.15) is 11.6 Å². The molecule has 0 radical (unpaired) electrons. The van der Waals surface area contributed by atoms with E-state index < -0.39 is 17.7 Å². The molecule has 1 aromatic carbocycles. The minimum absolute atomic E-state index is 0. The number of rotatable bonds is 5. The summed E-state index contributed by atoms with van der Waals surface area (Å²) in [7, 11) is 1.61. The number of halogens is 2. The SMILES string of the molecule is CN(C(=O)[C@@H](N)Cc1cc(F)cc(F)c1)c1ccc(C2CC2)nc1.S. The lowest BCUT2D eigenvalue weighted by atomic mass is 10.1. The molecule has 1 saturated carbocycles. The van der Waals surface area contributed by atoms with Gasteiger partial charge in [0.25, 0.3) is 0 Å². The molecule has 25 heavy (non-hydrogen) atoms. The van der Waals surface area contributed by atoms with Gasteiger partial charge in [-0.25, -0.2) is 8.78 Å². The highest BCUT2D eigenvalue weighted by molar-refractivity contribution is 7.59. The normalized spacial score (nSPS) is 14.6. The predicted octanol–water partition coefficient (Wildman–Crippen LogP) is 2.88. The van der Waals surface area contributed by atoms with Crippen LogP contribution in [0.2, 0.25) is 0 Å². The highest BCUT2D eigenvalue weighted by Gasteiger charge is 2.25. The van der Waals surface area contributed by atoms with E-state index in [1.807, 2.05) is 12.1 Å². The van der Waals surface area contributed by atoms with Gasteiger partial charge in [0, 0.05) is 24.7 Å². The van der Waals surface area contributed by atoms with Crippen molar-refractivity contribution in [2.24, 2.45) is 5.73 Å². The van der Waals surface area contributed by atoms with Crippen molar-refractivity contribution in [3.63, 3.8) is 0 Å². The molecule has 1 atom stereocenters. The molecule has 1 amide bonds. The molecule has 3 rings (SSSR count). The van der Waals surface area contributed by atoms with Gasteiger partial charge in [-0.3, -0.25) is 9.78 Å². The van der Waals surface area contributed by atoms with E-state index in [0.717, 1.165) is 24.6 Å². The zero-order valence-electron chi connectivity index (χ0n) is 13.9. The summed E-state index contributed by atoms with van der Waals surface area (Å²) in [5.41, 5.74) is 7.95. The Morgan fingerprint density at radius 3 is 2.44 bits per heavy atom. The van der Waals surface area contributed by atoms with Crippen LogP contribution in [0, 0.1) is 11.6 Å². The molecule has 0 spiro atoms. The predicted molar refractivity (Wildman–Crippen MR) is 98.0 cm³/mol. The zero-order valence-corrected chi connectivity index (χ0v) is 14.9. The summed E-state index contributed by atoms with van der Waals surface area (Å²) < 4.78 is 26.5. The summed E-state index contributed by atoms with van der Waals surface area (Å²) in [6.45, 7) is 0. The standard InChI is InChI=1S/C18H19F2N3O.H2S/c1-23(15-4-5-17(22-10-15)12-2-3-12)18(24)16(21)8-11-6-13(19)9-14(20)7-11;/h4-7,9-10,12,16H,2-3,8,21H2,1H3;1H2/t16-;/m0./s1. The minimum atomic E-state index is -0.890. The van der Waals surface area contributed by atoms with Crippen molar-refractivity contribution in [1.82, 2.24) is 4.98 Å². The van der Waals surface area contributed by atoms with E-state index in [9.17, 15) is 13.6 Å². The van der Waals surface area contributed by atoms with E-state index in [2.05, 4.69) is 4.98 Å². The number of carbonyl (C=O) groups is 1. The third-order valence-corrected chi connectivity index (χ3v) is 4.18. The van der Waals surface area contributed by atoms with E-state index in [-0.39, 0.29) is 25.8 Å². The smallest absolute Gasteiger partial charge is 0.244 e. The summed E-state index contributed by atoms with van der Waals surface area (Å²) in [6.07, 6.45) is 4.04. The molecule has 1 fully saturated rings. The van der Waals surface area contributed by atoms with Crippen LogP contribution in [0.1, 0.15) is 30.0 Å². The maximum Gasteiger partial charge on any atom is 0.244 e. The van der Waals surface area contributed by atoms with Crippen LogP contribution >= 0.6 is 13.5 Å². The maximum atomic E-state index is 13.2. The molecule has 0 unspecified atom stereocenters. The first-order valence-corrected chi connectivity index (χ1v) is 7.88. The fraction of sp³-hybridized carbons (Fsp3) is 0.333. The number of aromatic nitrogens is 1. The lowest BCUT2D eigenvalue weighted by molar-refractivity contribution is -0.119. The maximum absolute atomic E-state index is 13.2. The Kier molecular flexibility index (Phi) is 6.13. The fourth-order valence-corrected chi connectivity index (χ4v) is 2.66. The van der Waals surface area contributed by atoms with Crippen LogP contribution < -0.4 is 10.6 Å². The van der Waals surface area contributed by atoms with Gasteiger partial charge >= 0.3 is 0 Å². The van der Waals surface area contributed by atoms with Crippen LogP contribution in [0.3, 0.4) is 0 Å². The number of nitrogens with zero attached hydrogens (tertiary/aromatic N) is 2. The number of anilines is 1. The van der Waals surface area contributed by atoms with Gasteiger partial charge in [-0.15, -0.1) is 0 Å². The topological polar surface area (TPSA) is 59.2 Å². The Hall–Kier alpha value is -1.99. The average molecular weight is 365 g/mol. The van der Waals surface area contributed by atoms with Gasteiger partial charge in [0.05, 0.1) is 17.9 Å². The van der Waals surface area contributed by atoms with Gasteiger partial charge in [-0.2, -0.15) is 13.5 Å². The Morgan fingerprint density at radius 2 is 1.92 bits per heavy atom. The van der Waals surface area contributed by atoms with Crippen molar-refractivity contribution in [2.75, 3.05) is 11.9 Å². The van der Waals surface area contributed by atoms with Crippen LogP contribution in [-0.2, 0) is 11.2 Å². The molecule has 0 aliphatic heterocycles. The van der Waals surface area contributed by atoms with Crippen LogP contribution in [0.5, 0.6) is 0 Å². The van der Waals surface area contributed by atoms with Crippen molar-refractivity contribution in [1.29, 1.82) is 0 Å². The first-order chi connectivity index (χ1) is 11.4. The molecule has 4 nitrogen and oxygen atoms in total. The second kappa shape index (κ2) is 7.93. The molecular formula is C18H21F2N3OS. The third kappa shape index (κ3) is 4.76. The fourth-order valence-electron chi connectivity index (χ4n) is 2.66. The summed E-state index contributed by atoms with van der Waals surface area (Å²) in [6, 6.07) is 6.03. The number of pyridine rings is 1. The largest absolute Gasteiger partial charge is 0.320 e.